The molecule has 2 aromatic carbocycles. The lowest BCUT2D eigenvalue weighted by molar-refractivity contribution is -0.387. The van der Waals surface area contributed by atoms with Crippen LogP contribution in [0.2, 0.25) is 0 Å². The molecule has 0 radical (unpaired) electrons. The summed E-state index contributed by atoms with van der Waals surface area (Å²) in [5.74, 6) is -1.29. The number of nitro benzene ring substituents is 2. The van der Waals surface area contributed by atoms with E-state index in [0.717, 1.165) is 25.2 Å². The van der Waals surface area contributed by atoms with Crippen molar-refractivity contribution in [3.05, 3.63) is 92.0 Å². The van der Waals surface area contributed by atoms with Crippen molar-refractivity contribution in [2.24, 2.45) is 0 Å². The molecule has 4 aromatic rings. The fraction of sp³-hybridized carbons (Fsp3) is 0.238. The summed E-state index contributed by atoms with van der Waals surface area (Å²) in [4.78, 5) is 75.7. The molecule has 2 heterocycles. The Morgan fingerprint density at radius 2 is 1.20 bits per heavy atom. The smallest absolute Gasteiger partial charge is 0.348 e. The second-order valence-corrected chi connectivity index (χ2v) is 13.0. The van der Waals surface area contributed by atoms with E-state index in [-0.39, 0.29) is 38.5 Å². The highest BCUT2D eigenvalue weighted by Crippen LogP contribution is 2.32. The number of aromatic nitrogens is 4. The number of anilines is 1. The molecule has 24 heteroatoms. The summed E-state index contributed by atoms with van der Waals surface area (Å²) >= 11 is 0. The number of fused-ring (bicyclic) bond motifs is 2. The van der Waals surface area contributed by atoms with Crippen molar-refractivity contribution in [1.82, 2.24) is 19.3 Å². The highest BCUT2D eigenvalue weighted by molar-refractivity contribution is 7.91. The Morgan fingerprint density at radius 1 is 0.778 bits per heavy atom. The van der Waals surface area contributed by atoms with Gasteiger partial charge in [0.15, 0.2) is 0 Å². The van der Waals surface area contributed by atoms with E-state index in [1.165, 1.54) is 6.07 Å². The topological polar surface area (TPSA) is 300 Å². The van der Waals surface area contributed by atoms with E-state index >= 15 is 0 Å². The summed E-state index contributed by atoms with van der Waals surface area (Å²) < 4.78 is 58.6. The molecule has 0 spiro atoms. The van der Waals surface area contributed by atoms with Gasteiger partial charge in [-0.1, -0.05) is 0 Å². The number of rotatable bonds is 8. The van der Waals surface area contributed by atoms with Crippen molar-refractivity contribution in [1.29, 1.82) is 0 Å². The van der Waals surface area contributed by atoms with Crippen LogP contribution in [-0.4, -0.2) is 64.6 Å². The van der Waals surface area contributed by atoms with Gasteiger partial charge >= 0.3 is 17.1 Å². The number of benzene rings is 2. The fourth-order valence-electron chi connectivity index (χ4n) is 3.83. The van der Waals surface area contributed by atoms with Crippen molar-refractivity contribution in [3.8, 4) is 0 Å². The summed E-state index contributed by atoms with van der Waals surface area (Å²) in [6, 6.07) is 3.64. The zero-order chi connectivity index (χ0) is 33.6. The lowest BCUT2D eigenvalue weighted by Crippen LogP contribution is -2.43. The van der Waals surface area contributed by atoms with E-state index in [4.69, 9.17) is 0 Å². The lowest BCUT2D eigenvalue weighted by atomic mass is 10.2. The lowest BCUT2D eigenvalue weighted by Gasteiger charge is -2.10. The quantitative estimate of drug-likeness (QED) is 0.110. The predicted octanol–water partition coefficient (Wildman–Crippen LogP) is -1.08. The van der Waals surface area contributed by atoms with Gasteiger partial charge in [-0.15, -0.1) is 0 Å². The van der Waals surface area contributed by atoms with E-state index < -0.39 is 69.3 Å². The van der Waals surface area contributed by atoms with Gasteiger partial charge in [0, 0.05) is 18.2 Å². The van der Waals surface area contributed by atoms with Crippen LogP contribution in [0.4, 0.5) is 21.5 Å². The van der Waals surface area contributed by atoms with Gasteiger partial charge in [0.05, 0.1) is 44.2 Å². The second kappa shape index (κ2) is 11.5. The molecule has 5 rings (SSSR count). The minimum atomic E-state index is -3.93. The van der Waals surface area contributed by atoms with Crippen LogP contribution in [0.5, 0.6) is 0 Å². The van der Waals surface area contributed by atoms with Crippen molar-refractivity contribution >= 4 is 58.9 Å². The molecule has 0 atom stereocenters. The summed E-state index contributed by atoms with van der Waals surface area (Å²) in [6.07, 6.45) is 3.22. The number of halogens is 1. The summed E-state index contributed by atoms with van der Waals surface area (Å²) in [5.41, 5.74) is -5.70. The van der Waals surface area contributed by atoms with Crippen LogP contribution in [0.1, 0.15) is 12.8 Å². The van der Waals surface area contributed by atoms with E-state index in [1.54, 1.807) is 9.66 Å². The van der Waals surface area contributed by atoms with Gasteiger partial charge in [0.2, 0.25) is 25.9 Å². The minimum Gasteiger partial charge on any atom is -0.377 e. The maximum atomic E-state index is 13.5. The third-order valence-corrected chi connectivity index (χ3v) is 6.85. The van der Waals surface area contributed by atoms with Crippen LogP contribution in [0.15, 0.2) is 43.4 Å². The van der Waals surface area contributed by atoms with Gasteiger partial charge in [0.25, 0.3) is 16.8 Å². The number of hydrogen-bond acceptors (Lipinski definition) is 13. The Hall–Kier alpha value is -5.65. The number of sulfonamides is 2. The zero-order valence-electron chi connectivity index (χ0n) is 22.7. The number of nitrogens with one attached hydrogen (secondary N) is 5. The monoisotopic (exact) mass is 673 g/mol. The molecule has 2 aromatic heterocycles. The zero-order valence-corrected chi connectivity index (χ0v) is 24.3. The van der Waals surface area contributed by atoms with Crippen molar-refractivity contribution in [3.63, 3.8) is 0 Å². The third-order valence-electron chi connectivity index (χ3n) is 5.82. The molecule has 240 valence electrons. The number of aromatic amines is 2. The van der Waals surface area contributed by atoms with E-state index in [1.807, 2.05) is 0 Å². The summed E-state index contributed by atoms with van der Waals surface area (Å²) in [5, 5.41) is 24.2. The Kier molecular flexibility index (Phi) is 8.21. The average Bonchev–Trinajstić information content (AvgIpc) is 3.72. The molecule has 1 fully saturated rings. The molecule has 0 saturated heterocycles. The Morgan fingerprint density at radius 3 is 1.60 bits per heavy atom. The normalized spacial score (nSPS) is 13.1. The molecule has 0 aliphatic heterocycles. The predicted molar refractivity (Wildman–Crippen MR) is 156 cm³/mol. The van der Waals surface area contributed by atoms with E-state index in [2.05, 4.69) is 15.3 Å². The Bertz CT molecular complexity index is 2380. The number of hydrogen-bond donors (Lipinski definition) is 5. The molecule has 21 nitrogen and oxygen atoms in total. The maximum absolute atomic E-state index is 13.5. The molecule has 1 saturated carbocycles. The Labute approximate surface area is 247 Å². The fourth-order valence-corrected chi connectivity index (χ4v) is 4.82. The van der Waals surface area contributed by atoms with Crippen LogP contribution in [-0.2, 0) is 20.0 Å². The first kappa shape index (κ1) is 32.3. The molecule has 5 N–H and O–H groups in total. The van der Waals surface area contributed by atoms with Gasteiger partial charge in [-0.25, -0.2) is 36.1 Å². The number of H-pyrrole nitrogens is 2. The molecule has 0 unspecified atom stereocenters. The summed E-state index contributed by atoms with van der Waals surface area (Å²) in [7, 11) is -7.79. The van der Waals surface area contributed by atoms with Crippen molar-refractivity contribution < 1.29 is 31.1 Å². The molecule has 1 aliphatic rings. The standard InChI is InChI=1S/C12H13N5O6S.C9H7FN4O6S/c1-24(22,23)15-16-11(18)7-4-9(13-6-2-3-6)10(17(20)21)5-8(7)14-12(16)19;1-21(19,20)12-13-8(15)4-2-5(10)7(14(17)18)3-6(4)11-9(13)16/h4-6,13,15H,2-3H2,1H3,(H,14,19);2-3,12H,1H3,(H,11,16). The number of nitrogens with zero attached hydrogens (tertiary/aromatic N) is 4. The van der Waals surface area contributed by atoms with Crippen LogP contribution < -0.4 is 37.5 Å². The molecular formula is C21H20FN9O12S2. The maximum Gasteiger partial charge on any atom is 0.348 e. The minimum absolute atomic E-state index is 0.0513. The van der Waals surface area contributed by atoms with Gasteiger partial charge in [-0.2, -0.15) is 13.7 Å². The van der Waals surface area contributed by atoms with Crippen LogP contribution in [0, 0.1) is 26.0 Å². The van der Waals surface area contributed by atoms with Gasteiger partial charge in [-0.3, -0.25) is 29.8 Å². The molecule has 0 amide bonds. The molecular weight excluding hydrogens is 653 g/mol. The first-order valence-corrected chi connectivity index (χ1v) is 15.9. The first-order chi connectivity index (χ1) is 20.8. The van der Waals surface area contributed by atoms with Crippen LogP contribution >= 0.6 is 0 Å². The first-order valence-electron chi connectivity index (χ1n) is 12.1. The van der Waals surface area contributed by atoms with Crippen LogP contribution in [0.25, 0.3) is 21.8 Å². The highest BCUT2D eigenvalue weighted by atomic mass is 32.2. The van der Waals surface area contributed by atoms with Crippen LogP contribution in [0.3, 0.4) is 0 Å². The molecule has 0 bridgehead atoms. The highest BCUT2D eigenvalue weighted by Gasteiger charge is 2.26. The van der Waals surface area contributed by atoms with E-state index in [9.17, 15) is 60.6 Å². The Balaban J connectivity index is 0.000000207. The van der Waals surface area contributed by atoms with Gasteiger partial charge in [-0.05, 0) is 25.0 Å². The van der Waals surface area contributed by atoms with E-state index in [0.29, 0.717) is 23.1 Å². The SMILES string of the molecule is CS(=O)(=O)Nn1c(=O)[nH]c2cc([N+](=O)[O-])c(F)cc2c1=O.CS(=O)(=O)Nn1c(=O)[nH]c2cc([N+](=O)[O-])c(NC3CC3)cc2c1=O. The third kappa shape index (κ3) is 7.29. The molecule has 45 heavy (non-hydrogen) atoms. The number of nitro groups is 2. The largest absolute Gasteiger partial charge is 0.377 e. The van der Waals surface area contributed by atoms with Crippen molar-refractivity contribution in [2.45, 2.75) is 18.9 Å². The molecule has 1 aliphatic carbocycles. The summed E-state index contributed by atoms with van der Waals surface area (Å²) in [6.45, 7) is 0. The van der Waals surface area contributed by atoms with Gasteiger partial charge in [0.1, 0.15) is 5.69 Å². The average molecular weight is 674 g/mol. The van der Waals surface area contributed by atoms with Crippen molar-refractivity contribution in [2.75, 3.05) is 27.5 Å². The van der Waals surface area contributed by atoms with Gasteiger partial charge < -0.3 is 15.3 Å². The second-order valence-electron chi connectivity index (χ2n) is 9.57.